The van der Waals surface area contributed by atoms with Gasteiger partial charge >= 0.3 is 0 Å². The van der Waals surface area contributed by atoms with Gasteiger partial charge in [-0.05, 0) is 44.0 Å². The van der Waals surface area contributed by atoms with Gasteiger partial charge in [-0.25, -0.2) is 0 Å². The molecule has 1 saturated carbocycles. The van der Waals surface area contributed by atoms with Crippen LogP contribution in [0.15, 0.2) is 24.5 Å². The summed E-state index contributed by atoms with van der Waals surface area (Å²) >= 11 is 0. The third-order valence-electron chi connectivity index (χ3n) is 5.13. The van der Waals surface area contributed by atoms with Crippen LogP contribution < -0.4 is 5.32 Å². The highest BCUT2D eigenvalue weighted by Crippen LogP contribution is 2.22. The van der Waals surface area contributed by atoms with E-state index in [4.69, 9.17) is 4.74 Å². The summed E-state index contributed by atoms with van der Waals surface area (Å²) in [6.07, 6.45) is 9.58. The largest absolute Gasteiger partial charge is 0.379 e. The second-order valence-corrected chi connectivity index (χ2v) is 6.88. The van der Waals surface area contributed by atoms with Crippen LogP contribution in [0.2, 0.25) is 0 Å². The zero-order valence-electron chi connectivity index (χ0n) is 13.9. The SMILES string of the molecule is CN(CC(=O)N[C@H]1COC[C@H]1Cc1ccncc1)C1CCCC1. The van der Waals surface area contributed by atoms with Gasteiger partial charge in [0.15, 0.2) is 0 Å². The highest BCUT2D eigenvalue weighted by Gasteiger charge is 2.30. The zero-order valence-corrected chi connectivity index (χ0v) is 13.9. The van der Waals surface area contributed by atoms with E-state index in [0.717, 1.165) is 6.42 Å². The zero-order chi connectivity index (χ0) is 16.1. The van der Waals surface area contributed by atoms with Crippen LogP contribution in [-0.4, -0.2) is 54.7 Å². The maximum atomic E-state index is 12.3. The second kappa shape index (κ2) is 7.88. The standard InChI is InChI=1S/C18H27N3O2/c1-21(16-4-2-3-5-16)11-18(22)20-17-13-23-12-15(17)10-14-6-8-19-9-7-14/h6-9,15-17H,2-5,10-13H2,1H3,(H,20,22)/t15-,17+/m1/s1. The number of amides is 1. The Morgan fingerprint density at radius 3 is 2.78 bits per heavy atom. The van der Waals surface area contributed by atoms with E-state index in [1.165, 1.54) is 31.2 Å². The predicted octanol–water partition coefficient (Wildman–Crippen LogP) is 1.63. The fourth-order valence-electron chi connectivity index (χ4n) is 3.73. The molecule has 2 heterocycles. The first-order valence-electron chi connectivity index (χ1n) is 8.68. The van der Waals surface area contributed by atoms with Crippen LogP contribution in [-0.2, 0) is 16.0 Å². The van der Waals surface area contributed by atoms with Gasteiger partial charge in [0.1, 0.15) is 0 Å². The number of pyridine rings is 1. The van der Waals surface area contributed by atoms with Crippen molar-refractivity contribution in [2.45, 2.75) is 44.2 Å². The maximum absolute atomic E-state index is 12.3. The molecule has 1 N–H and O–H groups in total. The van der Waals surface area contributed by atoms with Crippen molar-refractivity contribution in [1.29, 1.82) is 0 Å². The Balaban J connectivity index is 1.48. The molecule has 0 unspecified atom stereocenters. The second-order valence-electron chi connectivity index (χ2n) is 6.88. The minimum Gasteiger partial charge on any atom is -0.379 e. The molecule has 0 bridgehead atoms. The Morgan fingerprint density at radius 1 is 1.30 bits per heavy atom. The van der Waals surface area contributed by atoms with Crippen LogP contribution in [0.4, 0.5) is 0 Å². The van der Waals surface area contributed by atoms with E-state index >= 15 is 0 Å². The molecular formula is C18H27N3O2. The van der Waals surface area contributed by atoms with Crippen LogP contribution in [0.25, 0.3) is 0 Å². The molecule has 2 atom stereocenters. The summed E-state index contributed by atoms with van der Waals surface area (Å²) in [6.45, 7) is 1.82. The Morgan fingerprint density at radius 2 is 2.04 bits per heavy atom. The minimum absolute atomic E-state index is 0.118. The molecular weight excluding hydrogens is 290 g/mol. The van der Waals surface area contributed by atoms with Crippen molar-refractivity contribution in [3.8, 4) is 0 Å². The van der Waals surface area contributed by atoms with E-state index in [-0.39, 0.29) is 11.9 Å². The summed E-state index contributed by atoms with van der Waals surface area (Å²) in [7, 11) is 2.06. The molecule has 0 aromatic carbocycles. The number of rotatable bonds is 6. The van der Waals surface area contributed by atoms with E-state index in [1.807, 2.05) is 24.5 Å². The number of carbonyl (C=O) groups is 1. The van der Waals surface area contributed by atoms with E-state index in [9.17, 15) is 4.79 Å². The first-order chi connectivity index (χ1) is 11.2. The van der Waals surface area contributed by atoms with E-state index in [2.05, 4.69) is 22.2 Å². The summed E-state index contributed by atoms with van der Waals surface area (Å²) in [5, 5.41) is 3.18. The minimum atomic E-state index is 0.118. The van der Waals surface area contributed by atoms with Crippen molar-refractivity contribution < 1.29 is 9.53 Å². The molecule has 23 heavy (non-hydrogen) atoms. The number of hydrogen-bond donors (Lipinski definition) is 1. The Kier molecular flexibility index (Phi) is 5.62. The molecule has 0 spiro atoms. The number of hydrogen-bond acceptors (Lipinski definition) is 4. The normalized spacial score (nSPS) is 25.1. The average Bonchev–Trinajstić information content (AvgIpc) is 3.21. The highest BCUT2D eigenvalue weighted by molar-refractivity contribution is 5.78. The molecule has 126 valence electrons. The smallest absolute Gasteiger partial charge is 0.234 e. The summed E-state index contributed by atoms with van der Waals surface area (Å²) in [4.78, 5) is 18.6. The number of ether oxygens (including phenoxy) is 1. The van der Waals surface area contributed by atoms with Gasteiger partial charge in [-0.1, -0.05) is 12.8 Å². The molecule has 2 fully saturated rings. The predicted molar refractivity (Wildman–Crippen MR) is 89.1 cm³/mol. The van der Waals surface area contributed by atoms with Crippen LogP contribution in [0.3, 0.4) is 0 Å². The number of likely N-dealkylation sites (N-methyl/N-ethyl adjacent to an activating group) is 1. The van der Waals surface area contributed by atoms with Gasteiger partial charge in [0.2, 0.25) is 5.91 Å². The molecule has 5 nitrogen and oxygen atoms in total. The first-order valence-corrected chi connectivity index (χ1v) is 8.68. The Hall–Kier alpha value is -1.46. The van der Waals surface area contributed by atoms with Crippen molar-refractivity contribution in [2.24, 2.45) is 5.92 Å². The fraction of sp³-hybridized carbons (Fsp3) is 0.667. The van der Waals surface area contributed by atoms with Crippen molar-refractivity contribution >= 4 is 5.91 Å². The van der Waals surface area contributed by atoms with Gasteiger partial charge in [0.05, 0.1) is 25.8 Å². The highest BCUT2D eigenvalue weighted by atomic mass is 16.5. The maximum Gasteiger partial charge on any atom is 0.234 e. The lowest BCUT2D eigenvalue weighted by Crippen LogP contribution is -2.46. The Labute approximate surface area is 138 Å². The monoisotopic (exact) mass is 317 g/mol. The average molecular weight is 317 g/mol. The molecule has 1 aliphatic carbocycles. The van der Waals surface area contributed by atoms with Crippen LogP contribution in [0.5, 0.6) is 0 Å². The van der Waals surface area contributed by atoms with Gasteiger partial charge in [-0.3, -0.25) is 14.7 Å². The van der Waals surface area contributed by atoms with Crippen molar-refractivity contribution in [2.75, 3.05) is 26.8 Å². The number of carbonyl (C=O) groups excluding carboxylic acids is 1. The lowest BCUT2D eigenvalue weighted by Gasteiger charge is -2.25. The third kappa shape index (κ3) is 4.52. The van der Waals surface area contributed by atoms with Gasteiger partial charge in [0, 0.05) is 24.4 Å². The lowest BCUT2D eigenvalue weighted by atomic mass is 9.95. The topological polar surface area (TPSA) is 54.5 Å². The van der Waals surface area contributed by atoms with Gasteiger partial charge in [-0.15, -0.1) is 0 Å². The number of aromatic nitrogens is 1. The summed E-state index contributed by atoms with van der Waals surface area (Å²) < 4.78 is 5.60. The molecule has 1 amide bonds. The third-order valence-corrected chi connectivity index (χ3v) is 5.13. The van der Waals surface area contributed by atoms with Gasteiger partial charge < -0.3 is 10.1 Å². The van der Waals surface area contributed by atoms with Crippen LogP contribution >= 0.6 is 0 Å². The molecule has 1 aliphatic heterocycles. The quantitative estimate of drug-likeness (QED) is 0.866. The first kappa shape index (κ1) is 16.4. The Bertz CT molecular complexity index is 502. The summed E-state index contributed by atoms with van der Waals surface area (Å²) in [5.74, 6) is 0.466. The van der Waals surface area contributed by atoms with Crippen molar-refractivity contribution in [1.82, 2.24) is 15.2 Å². The van der Waals surface area contributed by atoms with Crippen LogP contribution in [0.1, 0.15) is 31.2 Å². The fourth-order valence-corrected chi connectivity index (χ4v) is 3.73. The number of nitrogens with one attached hydrogen (secondary N) is 1. The van der Waals surface area contributed by atoms with E-state index in [1.54, 1.807) is 0 Å². The summed E-state index contributed by atoms with van der Waals surface area (Å²) in [5.41, 5.74) is 1.25. The molecule has 3 rings (SSSR count). The molecule has 5 heteroatoms. The molecule has 1 aromatic rings. The molecule has 1 aromatic heterocycles. The van der Waals surface area contributed by atoms with Gasteiger partial charge in [-0.2, -0.15) is 0 Å². The molecule has 2 aliphatic rings. The summed E-state index contributed by atoms with van der Waals surface area (Å²) in [6, 6.07) is 4.76. The van der Waals surface area contributed by atoms with Crippen molar-refractivity contribution in [3.05, 3.63) is 30.1 Å². The van der Waals surface area contributed by atoms with Gasteiger partial charge in [0.25, 0.3) is 0 Å². The molecule has 0 radical (unpaired) electrons. The van der Waals surface area contributed by atoms with E-state index in [0.29, 0.717) is 31.7 Å². The lowest BCUT2D eigenvalue weighted by molar-refractivity contribution is -0.123. The van der Waals surface area contributed by atoms with E-state index < -0.39 is 0 Å². The van der Waals surface area contributed by atoms with Crippen molar-refractivity contribution in [3.63, 3.8) is 0 Å². The molecule has 1 saturated heterocycles. The van der Waals surface area contributed by atoms with Crippen LogP contribution in [0, 0.1) is 5.92 Å². The number of nitrogens with zero attached hydrogens (tertiary/aromatic N) is 2.